The smallest absolute Gasteiger partial charge is 0.251 e. The summed E-state index contributed by atoms with van der Waals surface area (Å²) in [7, 11) is -3.87. The van der Waals surface area contributed by atoms with E-state index in [1.54, 1.807) is 0 Å². The van der Waals surface area contributed by atoms with E-state index in [9.17, 15) is 13.2 Å². The van der Waals surface area contributed by atoms with Crippen molar-refractivity contribution in [3.05, 3.63) is 40.4 Å². The van der Waals surface area contributed by atoms with Crippen LogP contribution in [0.1, 0.15) is 54.1 Å². The highest BCUT2D eigenvalue weighted by Crippen LogP contribution is 2.23. The second-order valence-electron chi connectivity index (χ2n) is 8.13. The fourth-order valence-electron chi connectivity index (χ4n) is 4.06. The van der Waals surface area contributed by atoms with Gasteiger partial charge in [-0.3, -0.25) is 4.79 Å². The molecule has 2 aliphatic rings. The van der Waals surface area contributed by atoms with Crippen LogP contribution in [-0.4, -0.2) is 54.9 Å². The number of fused-ring (bicyclic) bond motifs is 1. The van der Waals surface area contributed by atoms with Gasteiger partial charge in [-0.25, -0.2) is 13.1 Å². The van der Waals surface area contributed by atoms with Crippen molar-refractivity contribution in [3.8, 4) is 0 Å². The first kappa shape index (κ1) is 23.2. The highest BCUT2D eigenvalue weighted by molar-refractivity contribution is 7.89. The summed E-state index contributed by atoms with van der Waals surface area (Å²) in [5.74, 6) is 1.50. The lowest BCUT2D eigenvalue weighted by Gasteiger charge is -2.13. The van der Waals surface area contributed by atoms with Crippen LogP contribution in [0.4, 0.5) is 0 Å². The molecule has 0 radical (unpaired) electrons. The van der Waals surface area contributed by atoms with Gasteiger partial charge in [0.15, 0.2) is 0 Å². The normalized spacial score (nSPS) is 18.8. The molecular weight excluding hydrogens is 454 g/mol. The number of aromatic nitrogens is 3. The molecule has 1 unspecified atom stereocenters. The van der Waals surface area contributed by atoms with Crippen LogP contribution in [0.5, 0.6) is 0 Å². The van der Waals surface area contributed by atoms with Crippen molar-refractivity contribution in [2.45, 2.75) is 62.5 Å². The highest BCUT2D eigenvalue weighted by atomic mass is 35.5. The Hall–Kier alpha value is -2.01. The first-order valence-corrected chi connectivity index (χ1v) is 12.9. The molecule has 1 amide bonds. The largest absolute Gasteiger partial charge is 0.377 e. The molecule has 2 aromatic rings. The van der Waals surface area contributed by atoms with E-state index in [1.807, 2.05) is 0 Å². The molecule has 0 spiro atoms. The van der Waals surface area contributed by atoms with Gasteiger partial charge in [-0.1, -0.05) is 18.0 Å². The summed E-state index contributed by atoms with van der Waals surface area (Å²) in [5, 5.41) is 11.4. The number of benzene rings is 1. The van der Waals surface area contributed by atoms with Gasteiger partial charge < -0.3 is 14.6 Å². The Morgan fingerprint density at radius 2 is 2.09 bits per heavy atom. The zero-order valence-electron chi connectivity index (χ0n) is 17.8. The maximum atomic E-state index is 12.7. The fraction of sp³-hybridized carbons (Fsp3) is 0.571. The fourth-order valence-corrected chi connectivity index (χ4v) is 5.65. The van der Waals surface area contributed by atoms with Crippen molar-refractivity contribution in [1.82, 2.24) is 24.8 Å². The lowest BCUT2D eigenvalue weighted by Crippen LogP contribution is -2.32. The average molecular weight is 482 g/mol. The number of aryl methyl sites for hydroxylation is 1. The van der Waals surface area contributed by atoms with E-state index in [4.69, 9.17) is 16.3 Å². The molecule has 2 aliphatic heterocycles. The molecule has 2 N–H and O–H groups in total. The Morgan fingerprint density at radius 1 is 1.22 bits per heavy atom. The monoisotopic (exact) mass is 481 g/mol. The summed E-state index contributed by atoms with van der Waals surface area (Å²) in [4.78, 5) is 12.5. The Morgan fingerprint density at radius 3 is 2.91 bits per heavy atom. The molecule has 1 fully saturated rings. The van der Waals surface area contributed by atoms with Crippen molar-refractivity contribution in [2.24, 2.45) is 0 Å². The molecule has 4 rings (SSSR count). The first-order chi connectivity index (χ1) is 15.4. The highest BCUT2D eigenvalue weighted by Gasteiger charge is 2.23. The van der Waals surface area contributed by atoms with Gasteiger partial charge in [0.25, 0.3) is 5.91 Å². The number of carbonyl (C=O) groups excluding carboxylic acids is 1. The minimum absolute atomic E-state index is 0.0625. The van der Waals surface area contributed by atoms with Gasteiger partial charge in [0.1, 0.15) is 16.5 Å². The number of halogens is 1. The van der Waals surface area contributed by atoms with Crippen LogP contribution in [0.2, 0.25) is 5.02 Å². The molecular formula is C21H28ClN5O4S. The van der Waals surface area contributed by atoms with Crippen LogP contribution in [-0.2, 0) is 34.1 Å². The molecule has 32 heavy (non-hydrogen) atoms. The number of amides is 1. The van der Waals surface area contributed by atoms with Gasteiger partial charge in [-0.2, -0.15) is 0 Å². The van der Waals surface area contributed by atoms with Crippen LogP contribution in [0.15, 0.2) is 23.1 Å². The second kappa shape index (κ2) is 10.3. The molecule has 0 aliphatic carbocycles. The summed E-state index contributed by atoms with van der Waals surface area (Å²) in [6.07, 6.45) is 6.50. The summed E-state index contributed by atoms with van der Waals surface area (Å²) in [5.41, 5.74) is 0.229. The Labute approximate surface area is 192 Å². The number of rotatable bonds is 8. The first-order valence-electron chi connectivity index (χ1n) is 11.0. The van der Waals surface area contributed by atoms with E-state index < -0.39 is 10.0 Å². The zero-order chi connectivity index (χ0) is 22.6. The quantitative estimate of drug-likeness (QED) is 0.596. The number of hydrogen-bond acceptors (Lipinski definition) is 6. The molecule has 1 atom stereocenters. The van der Waals surface area contributed by atoms with Gasteiger partial charge in [0.05, 0.1) is 11.1 Å². The van der Waals surface area contributed by atoms with Gasteiger partial charge in [0, 0.05) is 44.6 Å². The number of sulfonamides is 1. The lowest BCUT2D eigenvalue weighted by molar-refractivity contribution is 0.0953. The Bertz CT molecular complexity index is 1070. The minimum atomic E-state index is -3.87. The summed E-state index contributed by atoms with van der Waals surface area (Å²) >= 11 is 6.13. The van der Waals surface area contributed by atoms with E-state index in [0.29, 0.717) is 19.6 Å². The van der Waals surface area contributed by atoms with E-state index in [-0.39, 0.29) is 34.0 Å². The maximum absolute atomic E-state index is 12.7. The number of hydrogen-bond donors (Lipinski definition) is 2. The van der Waals surface area contributed by atoms with Crippen LogP contribution < -0.4 is 10.0 Å². The average Bonchev–Trinajstić information content (AvgIpc) is 3.37. The maximum Gasteiger partial charge on any atom is 0.251 e. The van der Waals surface area contributed by atoms with Crippen molar-refractivity contribution in [2.75, 3.05) is 19.7 Å². The van der Waals surface area contributed by atoms with E-state index in [2.05, 4.69) is 24.8 Å². The van der Waals surface area contributed by atoms with Crippen molar-refractivity contribution < 1.29 is 17.9 Å². The predicted molar refractivity (Wildman–Crippen MR) is 119 cm³/mol. The van der Waals surface area contributed by atoms with E-state index in [0.717, 1.165) is 50.3 Å². The van der Waals surface area contributed by atoms with Crippen LogP contribution >= 0.6 is 11.6 Å². The molecule has 174 valence electrons. The van der Waals surface area contributed by atoms with Crippen LogP contribution in [0, 0.1) is 0 Å². The van der Waals surface area contributed by atoms with Crippen molar-refractivity contribution in [1.29, 1.82) is 0 Å². The van der Waals surface area contributed by atoms with Gasteiger partial charge >= 0.3 is 0 Å². The number of ether oxygens (including phenoxy) is 1. The van der Waals surface area contributed by atoms with Crippen LogP contribution in [0.3, 0.4) is 0 Å². The molecule has 11 heteroatoms. The third-order valence-corrected chi connectivity index (χ3v) is 7.73. The molecule has 1 aromatic heterocycles. The lowest BCUT2D eigenvalue weighted by atomic mass is 10.2. The third-order valence-electron chi connectivity index (χ3n) is 5.83. The van der Waals surface area contributed by atoms with E-state index in [1.165, 1.54) is 24.6 Å². The SMILES string of the molecule is O=C(NCCc1nnc2n1CCCCC2)c1ccc(Cl)c(S(=O)(=O)NCC2CCCO2)c1. The Balaban J connectivity index is 1.37. The molecule has 1 saturated heterocycles. The van der Waals surface area contributed by atoms with Gasteiger partial charge in [-0.15, -0.1) is 10.2 Å². The molecule has 1 aromatic carbocycles. The number of carbonyl (C=O) groups is 1. The topological polar surface area (TPSA) is 115 Å². The summed E-state index contributed by atoms with van der Waals surface area (Å²) in [6.45, 7) is 2.10. The zero-order valence-corrected chi connectivity index (χ0v) is 19.4. The van der Waals surface area contributed by atoms with Crippen molar-refractivity contribution in [3.63, 3.8) is 0 Å². The molecule has 0 saturated carbocycles. The number of nitrogens with one attached hydrogen (secondary N) is 2. The van der Waals surface area contributed by atoms with Gasteiger partial charge in [-0.05, 0) is 43.9 Å². The summed E-state index contributed by atoms with van der Waals surface area (Å²) in [6, 6.07) is 4.24. The Kier molecular flexibility index (Phi) is 7.44. The van der Waals surface area contributed by atoms with Crippen molar-refractivity contribution >= 4 is 27.5 Å². The summed E-state index contributed by atoms with van der Waals surface area (Å²) < 4.78 is 35.6. The molecule has 9 nitrogen and oxygen atoms in total. The van der Waals surface area contributed by atoms with Crippen LogP contribution in [0.25, 0.3) is 0 Å². The molecule has 3 heterocycles. The van der Waals surface area contributed by atoms with Gasteiger partial charge in [0.2, 0.25) is 10.0 Å². The van der Waals surface area contributed by atoms with E-state index >= 15 is 0 Å². The standard InChI is InChI=1S/C21H28ClN5O4S/c22-17-8-7-15(13-18(17)32(29,30)24-14-16-5-4-12-31-16)21(28)23-10-9-20-26-25-19-6-2-1-3-11-27(19)20/h7-8,13,16,24H,1-6,9-12,14H2,(H,23,28). The number of nitrogens with zero attached hydrogens (tertiary/aromatic N) is 3. The second-order valence-corrected chi connectivity index (χ2v) is 10.3. The molecule has 0 bridgehead atoms. The minimum Gasteiger partial charge on any atom is -0.377 e. The third kappa shape index (κ3) is 5.48. The predicted octanol–water partition coefficient (Wildman–Crippen LogP) is 2.09.